The molecule has 1 aromatic heterocycles. The van der Waals surface area contributed by atoms with Gasteiger partial charge in [0.1, 0.15) is 5.01 Å². The molecule has 0 N–H and O–H groups in total. The summed E-state index contributed by atoms with van der Waals surface area (Å²) in [6.07, 6.45) is 7.59. The van der Waals surface area contributed by atoms with Gasteiger partial charge in [-0.25, -0.2) is 0 Å². The van der Waals surface area contributed by atoms with Crippen molar-refractivity contribution < 1.29 is 4.74 Å². The number of aromatic nitrogens is 2. The minimum absolute atomic E-state index is 0.0627. The summed E-state index contributed by atoms with van der Waals surface area (Å²) in [5.41, 5.74) is -0.0266. The molecule has 3 fully saturated rings. The summed E-state index contributed by atoms with van der Waals surface area (Å²) in [6.45, 7) is 6.34. The standard InChI is InChI=1S/C15H23N3OS/c1-14(2)9-18(10-15(19-14)7-3-4-8-15)13-17-16-12(20-13)11-5-6-11/h11H,3-10H2,1-2H3. The highest BCUT2D eigenvalue weighted by Gasteiger charge is 2.46. The van der Waals surface area contributed by atoms with Crippen LogP contribution >= 0.6 is 11.3 Å². The third-order valence-corrected chi connectivity index (χ3v) is 5.83. The quantitative estimate of drug-likeness (QED) is 0.838. The van der Waals surface area contributed by atoms with E-state index in [4.69, 9.17) is 4.74 Å². The molecule has 5 heteroatoms. The lowest BCUT2D eigenvalue weighted by molar-refractivity contribution is -0.148. The van der Waals surface area contributed by atoms with Crippen LogP contribution in [-0.4, -0.2) is 34.5 Å². The van der Waals surface area contributed by atoms with Crippen LogP contribution in [0, 0.1) is 0 Å². The fourth-order valence-corrected chi connectivity index (χ4v) is 4.79. The highest BCUT2D eigenvalue weighted by Crippen LogP contribution is 2.45. The summed E-state index contributed by atoms with van der Waals surface area (Å²) in [7, 11) is 0. The Morgan fingerprint density at radius 2 is 1.90 bits per heavy atom. The molecule has 4 nitrogen and oxygen atoms in total. The lowest BCUT2D eigenvalue weighted by atomic mass is 9.94. The average molecular weight is 293 g/mol. The molecule has 3 aliphatic rings. The number of hydrogen-bond acceptors (Lipinski definition) is 5. The normalized spacial score (nSPS) is 28.2. The van der Waals surface area contributed by atoms with Crippen molar-refractivity contribution in [2.75, 3.05) is 18.0 Å². The topological polar surface area (TPSA) is 38.2 Å². The maximum Gasteiger partial charge on any atom is 0.208 e. The first kappa shape index (κ1) is 13.0. The Balaban J connectivity index is 1.59. The molecule has 0 amide bonds. The molecule has 1 aliphatic heterocycles. The Morgan fingerprint density at radius 3 is 2.60 bits per heavy atom. The van der Waals surface area contributed by atoms with E-state index in [0.29, 0.717) is 5.92 Å². The first-order valence-corrected chi connectivity index (χ1v) is 8.66. The third-order valence-electron chi connectivity index (χ3n) is 4.69. The van der Waals surface area contributed by atoms with Gasteiger partial charge in [0.25, 0.3) is 0 Å². The van der Waals surface area contributed by atoms with Crippen molar-refractivity contribution in [3.63, 3.8) is 0 Å². The molecule has 2 aliphatic carbocycles. The minimum atomic E-state index is -0.0893. The van der Waals surface area contributed by atoms with E-state index in [1.165, 1.54) is 43.5 Å². The molecule has 0 unspecified atom stereocenters. The predicted octanol–water partition coefficient (Wildman–Crippen LogP) is 3.34. The van der Waals surface area contributed by atoms with Crippen LogP contribution in [0.4, 0.5) is 5.13 Å². The Hall–Kier alpha value is -0.680. The van der Waals surface area contributed by atoms with E-state index < -0.39 is 0 Å². The van der Waals surface area contributed by atoms with E-state index in [0.717, 1.165) is 18.2 Å². The second kappa shape index (κ2) is 4.41. The Bertz CT molecular complexity index is 503. The van der Waals surface area contributed by atoms with Crippen molar-refractivity contribution in [3.8, 4) is 0 Å². The van der Waals surface area contributed by atoms with E-state index in [-0.39, 0.29) is 11.2 Å². The molecule has 2 heterocycles. The summed E-state index contributed by atoms with van der Waals surface area (Å²) < 4.78 is 6.46. The zero-order chi connectivity index (χ0) is 13.8. The second-order valence-corrected chi connectivity index (χ2v) is 8.29. The lowest BCUT2D eigenvalue weighted by Gasteiger charge is -2.48. The van der Waals surface area contributed by atoms with E-state index in [1.807, 2.05) is 0 Å². The highest BCUT2D eigenvalue weighted by atomic mass is 32.1. The summed E-state index contributed by atoms with van der Waals surface area (Å²) in [4.78, 5) is 2.43. The van der Waals surface area contributed by atoms with Crippen molar-refractivity contribution in [1.29, 1.82) is 0 Å². The fraction of sp³-hybridized carbons (Fsp3) is 0.867. The molecule has 1 aromatic rings. The number of anilines is 1. The highest BCUT2D eigenvalue weighted by molar-refractivity contribution is 7.15. The Morgan fingerprint density at radius 1 is 1.15 bits per heavy atom. The summed E-state index contributed by atoms with van der Waals surface area (Å²) >= 11 is 1.80. The summed E-state index contributed by atoms with van der Waals surface area (Å²) in [6, 6.07) is 0. The molecule has 2 saturated carbocycles. The predicted molar refractivity (Wildman–Crippen MR) is 80.5 cm³/mol. The number of nitrogens with zero attached hydrogens (tertiary/aromatic N) is 3. The van der Waals surface area contributed by atoms with Crippen LogP contribution in [0.15, 0.2) is 0 Å². The van der Waals surface area contributed by atoms with Gasteiger partial charge in [-0.1, -0.05) is 24.2 Å². The number of morpholine rings is 1. The average Bonchev–Trinajstić information content (AvgIpc) is 2.94. The smallest absolute Gasteiger partial charge is 0.208 e. The van der Waals surface area contributed by atoms with Gasteiger partial charge in [0, 0.05) is 19.0 Å². The first-order chi connectivity index (χ1) is 9.55. The molecule has 110 valence electrons. The molecule has 0 radical (unpaired) electrons. The van der Waals surface area contributed by atoms with Gasteiger partial charge in [-0.2, -0.15) is 0 Å². The number of hydrogen-bond donors (Lipinski definition) is 0. The van der Waals surface area contributed by atoms with Crippen LogP contribution in [0.25, 0.3) is 0 Å². The van der Waals surface area contributed by atoms with Crippen LogP contribution in [0.3, 0.4) is 0 Å². The monoisotopic (exact) mass is 293 g/mol. The molecular formula is C15H23N3OS. The lowest BCUT2D eigenvalue weighted by Crippen LogP contribution is -2.58. The number of ether oxygens (including phenoxy) is 1. The van der Waals surface area contributed by atoms with Gasteiger partial charge in [-0.05, 0) is 39.5 Å². The van der Waals surface area contributed by atoms with Gasteiger partial charge < -0.3 is 9.64 Å². The van der Waals surface area contributed by atoms with Gasteiger partial charge in [-0.15, -0.1) is 10.2 Å². The van der Waals surface area contributed by atoms with Crippen LogP contribution in [0.1, 0.15) is 63.3 Å². The molecule has 4 rings (SSSR count). The van der Waals surface area contributed by atoms with Crippen molar-refractivity contribution in [3.05, 3.63) is 5.01 Å². The second-order valence-electron chi connectivity index (χ2n) is 7.31. The fourth-order valence-electron chi connectivity index (χ4n) is 3.78. The van der Waals surface area contributed by atoms with Gasteiger partial charge in [0.05, 0.1) is 11.2 Å². The van der Waals surface area contributed by atoms with Crippen molar-refractivity contribution >= 4 is 16.5 Å². The Kier molecular flexibility index (Phi) is 2.87. The van der Waals surface area contributed by atoms with Gasteiger partial charge in [0.2, 0.25) is 5.13 Å². The van der Waals surface area contributed by atoms with Gasteiger partial charge in [0.15, 0.2) is 0 Å². The SMILES string of the molecule is CC1(C)CN(c2nnc(C3CC3)s2)CC2(CCCC2)O1. The molecule has 1 spiro atoms. The van der Waals surface area contributed by atoms with E-state index in [1.54, 1.807) is 11.3 Å². The maximum absolute atomic E-state index is 6.46. The van der Waals surface area contributed by atoms with Crippen LogP contribution in [0.2, 0.25) is 0 Å². The zero-order valence-corrected chi connectivity index (χ0v) is 13.2. The van der Waals surface area contributed by atoms with E-state index in [9.17, 15) is 0 Å². The maximum atomic E-state index is 6.46. The summed E-state index contributed by atoms with van der Waals surface area (Å²) in [5.74, 6) is 0.704. The van der Waals surface area contributed by atoms with Crippen LogP contribution < -0.4 is 4.90 Å². The molecule has 0 aromatic carbocycles. The zero-order valence-electron chi connectivity index (χ0n) is 12.4. The summed E-state index contributed by atoms with van der Waals surface area (Å²) in [5, 5.41) is 11.2. The largest absolute Gasteiger partial charge is 0.365 e. The third kappa shape index (κ3) is 2.35. The molecule has 1 saturated heterocycles. The van der Waals surface area contributed by atoms with E-state index in [2.05, 4.69) is 28.9 Å². The van der Waals surface area contributed by atoms with Crippen LogP contribution in [0.5, 0.6) is 0 Å². The van der Waals surface area contributed by atoms with Crippen LogP contribution in [-0.2, 0) is 4.74 Å². The van der Waals surface area contributed by atoms with Crippen molar-refractivity contribution in [2.24, 2.45) is 0 Å². The molecular weight excluding hydrogens is 270 g/mol. The molecule has 20 heavy (non-hydrogen) atoms. The van der Waals surface area contributed by atoms with E-state index >= 15 is 0 Å². The number of rotatable bonds is 2. The van der Waals surface area contributed by atoms with Crippen molar-refractivity contribution in [2.45, 2.75) is 69.5 Å². The molecule has 0 bridgehead atoms. The molecule has 0 atom stereocenters. The van der Waals surface area contributed by atoms with Gasteiger partial charge >= 0.3 is 0 Å². The first-order valence-electron chi connectivity index (χ1n) is 7.84. The minimum Gasteiger partial charge on any atom is -0.365 e. The van der Waals surface area contributed by atoms with Gasteiger partial charge in [-0.3, -0.25) is 0 Å². The Labute approximate surface area is 124 Å². The van der Waals surface area contributed by atoms with Crippen molar-refractivity contribution in [1.82, 2.24) is 10.2 Å².